The average molecular weight is 170 g/mol. The minimum atomic E-state index is -0.361. The number of rotatable bonds is 1. The Morgan fingerprint density at radius 3 is 2.83 bits per heavy atom. The van der Waals surface area contributed by atoms with Crippen LogP contribution in [0.25, 0.3) is 0 Å². The van der Waals surface area contributed by atoms with Crippen LogP contribution in [0.5, 0.6) is 0 Å². The van der Waals surface area contributed by atoms with Gasteiger partial charge in [0.15, 0.2) is 0 Å². The summed E-state index contributed by atoms with van der Waals surface area (Å²) in [5.74, 6) is -0.0184. The maximum Gasteiger partial charge on any atom is 0.244 e. The van der Waals surface area contributed by atoms with Crippen molar-refractivity contribution in [3.05, 3.63) is 0 Å². The van der Waals surface area contributed by atoms with Gasteiger partial charge in [0, 0.05) is 19.5 Å². The quantitative estimate of drug-likeness (QED) is 0.589. The van der Waals surface area contributed by atoms with E-state index in [0.29, 0.717) is 19.5 Å². The fraction of sp³-hybridized carbons (Fsp3) is 0.750. The number of hydrogen-bond acceptors (Lipinski definition) is 2. The first kappa shape index (κ1) is 9.03. The van der Waals surface area contributed by atoms with Crippen molar-refractivity contribution in [3.8, 4) is 0 Å². The Bertz CT molecular complexity index is 203. The van der Waals surface area contributed by atoms with Gasteiger partial charge in [0.2, 0.25) is 11.8 Å². The van der Waals surface area contributed by atoms with Gasteiger partial charge in [0.1, 0.15) is 6.04 Å². The minimum absolute atomic E-state index is 0.0170. The Balaban J connectivity index is 2.69. The van der Waals surface area contributed by atoms with Crippen LogP contribution in [0.4, 0.5) is 0 Å². The molecule has 1 fully saturated rings. The third-order valence-corrected chi connectivity index (χ3v) is 2.05. The van der Waals surface area contributed by atoms with E-state index in [1.165, 1.54) is 0 Å². The average Bonchev–Trinajstić information content (AvgIpc) is 2.14. The van der Waals surface area contributed by atoms with Crippen molar-refractivity contribution in [2.75, 3.05) is 13.1 Å². The fourth-order valence-corrected chi connectivity index (χ4v) is 1.31. The van der Waals surface area contributed by atoms with E-state index in [-0.39, 0.29) is 17.9 Å². The molecule has 0 spiro atoms. The highest BCUT2D eigenvalue weighted by molar-refractivity contribution is 5.89. The van der Waals surface area contributed by atoms with Gasteiger partial charge in [-0.05, 0) is 13.8 Å². The number of carbonyl (C=O) groups excluding carboxylic acids is 2. The molecule has 0 aromatic carbocycles. The molecule has 0 radical (unpaired) electrons. The summed E-state index contributed by atoms with van der Waals surface area (Å²) >= 11 is 0. The highest BCUT2D eigenvalue weighted by atomic mass is 16.2. The van der Waals surface area contributed by atoms with E-state index in [4.69, 9.17) is 0 Å². The summed E-state index contributed by atoms with van der Waals surface area (Å²) in [6, 6.07) is -0.361. The van der Waals surface area contributed by atoms with Crippen molar-refractivity contribution in [2.45, 2.75) is 26.3 Å². The SMILES string of the molecule is CCN1CCC(=O)N[C@H](C)C1=O. The van der Waals surface area contributed by atoms with E-state index < -0.39 is 0 Å². The summed E-state index contributed by atoms with van der Waals surface area (Å²) in [5.41, 5.74) is 0. The molecule has 4 heteroatoms. The van der Waals surface area contributed by atoms with Crippen LogP contribution in [0.2, 0.25) is 0 Å². The molecule has 0 aromatic rings. The van der Waals surface area contributed by atoms with Crippen molar-refractivity contribution in [1.82, 2.24) is 10.2 Å². The number of likely N-dealkylation sites (N-methyl/N-ethyl adjacent to an activating group) is 1. The molecule has 0 bridgehead atoms. The second-order valence-corrected chi connectivity index (χ2v) is 2.96. The Morgan fingerprint density at radius 1 is 1.58 bits per heavy atom. The molecule has 12 heavy (non-hydrogen) atoms. The van der Waals surface area contributed by atoms with Gasteiger partial charge in [-0.1, -0.05) is 0 Å². The monoisotopic (exact) mass is 170 g/mol. The van der Waals surface area contributed by atoms with Crippen molar-refractivity contribution < 1.29 is 9.59 Å². The van der Waals surface area contributed by atoms with E-state index in [0.717, 1.165) is 0 Å². The minimum Gasteiger partial charge on any atom is -0.345 e. The van der Waals surface area contributed by atoms with Crippen LogP contribution in [-0.2, 0) is 9.59 Å². The van der Waals surface area contributed by atoms with Gasteiger partial charge in [-0.3, -0.25) is 9.59 Å². The predicted molar refractivity (Wildman–Crippen MR) is 44.5 cm³/mol. The second-order valence-electron chi connectivity index (χ2n) is 2.96. The third kappa shape index (κ3) is 1.75. The molecule has 0 saturated carbocycles. The maximum absolute atomic E-state index is 11.4. The first-order chi connectivity index (χ1) is 5.65. The lowest BCUT2D eigenvalue weighted by atomic mass is 10.3. The normalized spacial score (nSPS) is 25.2. The van der Waals surface area contributed by atoms with Crippen LogP contribution in [0.15, 0.2) is 0 Å². The first-order valence-electron chi connectivity index (χ1n) is 4.23. The molecule has 0 aromatic heterocycles. The van der Waals surface area contributed by atoms with E-state index in [1.807, 2.05) is 6.92 Å². The molecule has 1 saturated heterocycles. The van der Waals surface area contributed by atoms with Gasteiger partial charge in [-0.2, -0.15) is 0 Å². The van der Waals surface area contributed by atoms with E-state index in [2.05, 4.69) is 5.32 Å². The van der Waals surface area contributed by atoms with Crippen LogP contribution in [0.1, 0.15) is 20.3 Å². The summed E-state index contributed by atoms with van der Waals surface area (Å²) in [6.07, 6.45) is 0.421. The van der Waals surface area contributed by atoms with Gasteiger partial charge < -0.3 is 10.2 Å². The molecular formula is C8H14N2O2. The third-order valence-electron chi connectivity index (χ3n) is 2.05. The second kappa shape index (κ2) is 3.56. The van der Waals surface area contributed by atoms with Crippen LogP contribution in [0.3, 0.4) is 0 Å². The van der Waals surface area contributed by atoms with Gasteiger partial charge in [-0.25, -0.2) is 0 Å². The van der Waals surface area contributed by atoms with Crippen molar-refractivity contribution >= 4 is 11.8 Å². The number of hydrogen-bond donors (Lipinski definition) is 1. The molecule has 2 amide bonds. The summed E-state index contributed by atoms with van der Waals surface area (Å²) in [7, 11) is 0. The van der Waals surface area contributed by atoms with Gasteiger partial charge in [0.25, 0.3) is 0 Å². The van der Waals surface area contributed by atoms with Crippen LogP contribution in [-0.4, -0.2) is 35.8 Å². The Hall–Kier alpha value is -1.06. The molecule has 0 unspecified atom stereocenters. The smallest absolute Gasteiger partial charge is 0.244 e. The molecule has 1 heterocycles. The lowest BCUT2D eigenvalue weighted by Gasteiger charge is -2.19. The predicted octanol–water partition coefficient (Wildman–Crippen LogP) is -0.257. The molecule has 1 rings (SSSR count). The summed E-state index contributed by atoms with van der Waals surface area (Å²) in [6.45, 7) is 4.86. The first-order valence-corrected chi connectivity index (χ1v) is 4.23. The fourth-order valence-electron chi connectivity index (χ4n) is 1.31. The molecule has 1 atom stereocenters. The van der Waals surface area contributed by atoms with Gasteiger partial charge >= 0.3 is 0 Å². The molecule has 1 aliphatic heterocycles. The number of nitrogens with one attached hydrogen (secondary N) is 1. The van der Waals surface area contributed by atoms with Crippen molar-refractivity contribution in [3.63, 3.8) is 0 Å². The van der Waals surface area contributed by atoms with Gasteiger partial charge in [-0.15, -0.1) is 0 Å². The summed E-state index contributed by atoms with van der Waals surface area (Å²) in [5, 5.41) is 2.63. The van der Waals surface area contributed by atoms with E-state index in [9.17, 15) is 9.59 Å². The zero-order chi connectivity index (χ0) is 9.14. The molecule has 4 nitrogen and oxygen atoms in total. The summed E-state index contributed by atoms with van der Waals surface area (Å²) < 4.78 is 0. The highest BCUT2D eigenvalue weighted by Crippen LogP contribution is 2.01. The van der Waals surface area contributed by atoms with Crippen LogP contribution in [0, 0.1) is 0 Å². The zero-order valence-electron chi connectivity index (χ0n) is 7.46. The molecule has 0 aliphatic carbocycles. The van der Waals surface area contributed by atoms with Gasteiger partial charge in [0.05, 0.1) is 0 Å². The topological polar surface area (TPSA) is 49.4 Å². The highest BCUT2D eigenvalue weighted by Gasteiger charge is 2.24. The number of carbonyl (C=O) groups is 2. The summed E-state index contributed by atoms with van der Waals surface area (Å²) in [4.78, 5) is 24.1. The largest absolute Gasteiger partial charge is 0.345 e. The Labute approximate surface area is 71.9 Å². The molecular weight excluding hydrogens is 156 g/mol. The molecule has 1 aliphatic rings. The molecule has 1 N–H and O–H groups in total. The number of nitrogens with zero attached hydrogens (tertiary/aromatic N) is 1. The zero-order valence-corrected chi connectivity index (χ0v) is 7.46. The van der Waals surface area contributed by atoms with Crippen LogP contribution >= 0.6 is 0 Å². The van der Waals surface area contributed by atoms with E-state index >= 15 is 0 Å². The lowest BCUT2D eigenvalue weighted by Crippen LogP contribution is -2.42. The van der Waals surface area contributed by atoms with Crippen molar-refractivity contribution in [1.29, 1.82) is 0 Å². The molecule has 68 valence electrons. The van der Waals surface area contributed by atoms with Crippen LogP contribution < -0.4 is 5.32 Å². The maximum atomic E-state index is 11.4. The lowest BCUT2D eigenvalue weighted by molar-refractivity contribution is -0.132. The Kier molecular flexibility index (Phi) is 2.68. The van der Waals surface area contributed by atoms with Crippen molar-refractivity contribution in [2.24, 2.45) is 0 Å². The van der Waals surface area contributed by atoms with E-state index in [1.54, 1.807) is 11.8 Å². The number of amides is 2. The Morgan fingerprint density at radius 2 is 2.25 bits per heavy atom. The standard InChI is InChI=1S/C8H14N2O2/c1-3-10-5-4-7(11)9-6(2)8(10)12/h6H,3-5H2,1-2H3,(H,9,11)/t6-/m1/s1.